The molecule has 20 heavy (non-hydrogen) atoms. The molecule has 1 heterocycles. The lowest BCUT2D eigenvalue weighted by Crippen LogP contribution is -2.00. The fraction of sp³-hybridized carbons (Fsp3) is 0. The summed E-state index contributed by atoms with van der Waals surface area (Å²) in [4.78, 5) is 16.4. The van der Waals surface area contributed by atoms with Crippen LogP contribution in [0, 0.1) is 0 Å². The normalized spacial score (nSPS) is 11.0. The second kappa shape index (κ2) is 6.78. The fourth-order valence-corrected chi connectivity index (χ4v) is 3.16. The second-order valence-electron chi connectivity index (χ2n) is 3.52. The molecule has 0 spiro atoms. The first-order chi connectivity index (χ1) is 9.47. The van der Waals surface area contributed by atoms with E-state index in [1.807, 2.05) is 0 Å². The summed E-state index contributed by atoms with van der Waals surface area (Å²) in [6.07, 6.45) is 1.30. The van der Waals surface area contributed by atoms with Gasteiger partial charge < -0.3 is 4.84 Å². The lowest BCUT2D eigenvalue weighted by Gasteiger charge is -1.98. The zero-order valence-electron chi connectivity index (χ0n) is 9.57. The van der Waals surface area contributed by atoms with E-state index in [0.29, 0.717) is 19.9 Å². The van der Waals surface area contributed by atoms with Crippen molar-refractivity contribution < 1.29 is 9.63 Å². The Morgan fingerprint density at radius 2 is 1.95 bits per heavy atom. The van der Waals surface area contributed by atoms with Gasteiger partial charge in [-0.2, -0.15) is 0 Å². The Labute approximate surface area is 138 Å². The zero-order valence-corrected chi connectivity index (χ0v) is 13.4. The molecule has 0 radical (unpaired) electrons. The lowest BCUT2D eigenvalue weighted by atomic mass is 10.2. The molecule has 1 aromatic carbocycles. The van der Waals surface area contributed by atoms with Crippen LogP contribution < -0.4 is 0 Å². The number of thiophene rings is 1. The minimum atomic E-state index is -0.695. The quantitative estimate of drug-likeness (QED) is 0.404. The monoisotopic (exact) mass is 367 g/mol. The first kappa shape index (κ1) is 15.6. The SMILES string of the molecule is O=C(O/N=C/c1ccc(Cl)cc1Cl)c1cc(Cl)sc1Cl. The summed E-state index contributed by atoms with van der Waals surface area (Å²) in [6.45, 7) is 0. The Morgan fingerprint density at radius 3 is 2.55 bits per heavy atom. The maximum absolute atomic E-state index is 11.7. The van der Waals surface area contributed by atoms with E-state index in [9.17, 15) is 4.79 Å². The minimum Gasteiger partial charge on any atom is -0.313 e. The second-order valence-corrected chi connectivity index (χ2v) is 6.65. The zero-order chi connectivity index (χ0) is 14.7. The minimum absolute atomic E-state index is 0.168. The van der Waals surface area contributed by atoms with E-state index in [1.165, 1.54) is 12.3 Å². The van der Waals surface area contributed by atoms with Gasteiger partial charge in [0, 0.05) is 10.6 Å². The first-order valence-corrected chi connectivity index (χ1v) is 7.45. The number of oxime groups is 1. The molecule has 0 aliphatic carbocycles. The maximum atomic E-state index is 11.7. The number of rotatable bonds is 3. The molecule has 0 fully saturated rings. The van der Waals surface area contributed by atoms with Crippen LogP contribution in [0.25, 0.3) is 0 Å². The number of hydrogen-bond donors (Lipinski definition) is 0. The highest BCUT2D eigenvalue weighted by atomic mass is 35.5. The third-order valence-electron chi connectivity index (χ3n) is 2.17. The smallest absolute Gasteiger partial charge is 0.313 e. The van der Waals surface area contributed by atoms with Crippen LogP contribution in [0.3, 0.4) is 0 Å². The molecule has 104 valence electrons. The summed E-state index contributed by atoms with van der Waals surface area (Å²) < 4.78 is 0.645. The van der Waals surface area contributed by atoms with E-state index >= 15 is 0 Å². The van der Waals surface area contributed by atoms with Gasteiger partial charge in [0.15, 0.2) is 0 Å². The van der Waals surface area contributed by atoms with Crippen molar-refractivity contribution in [2.45, 2.75) is 0 Å². The average molecular weight is 369 g/mol. The van der Waals surface area contributed by atoms with E-state index in [1.54, 1.807) is 18.2 Å². The molecule has 0 N–H and O–H groups in total. The Hall–Kier alpha value is -0.780. The third kappa shape index (κ3) is 3.87. The van der Waals surface area contributed by atoms with Crippen molar-refractivity contribution in [1.29, 1.82) is 0 Å². The number of carbonyl (C=O) groups excluding carboxylic acids is 1. The van der Waals surface area contributed by atoms with E-state index in [4.69, 9.17) is 51.2 Å². The summed E-state index contributed by atoms with van der Waals surface area (Å²) in [5, 5.41) is 4.46. The average Bonchev–Trinajstić information content (AvgIpc) is 2.71. The van der Waals surface area contributed by atoms with Gasteiger partial charge in [-0.25, -0.2) is 4.79 Å². The maximum Gasteiger partial charge on any atom is 0.368 e. The van der Waals surface area contributed by atoms with Gasteiger partial charge in [0.1, 0.15) is 4.34 Å². The van der Waals surface area contributed by atoms with Crippen molar-refractivity contribution in [3.8, 4) is 0 Å². The Kier molecular flexibility index (Phi) is 5.29. The van der Waals surface area contributed by atoms with Crippen LogP contribution in [-0.2, 0) is 4.84 Å². The van der Waals surface area contributed by atoms with Crippen molar-refractivity contribution in [2.75, 3.05) is 0 Å². The van der Waals surface area contributed by atoms with Gasteiger partial charge in [0.05, 0.1) is 21.1 Å². The molecule has 1 aromatic heterocycles. The molecule has 0 aliphatic rings. The van der Waals surface area contributed by atoms with Gasteiger partial charge in [-0.05, 0) is 18.2 Å². The molecule has 0 unspecified atom stereocenters. The molecule has 0 amide bonds. The molecule has 0 atom stereocenters. The van der Waals surface area contributed by atoms with Crippen LogP contribution >= 0.6 is 57.7 Å². The molecule has 8 heteroatoms. The molecule has 3 nitrogen and oxygen atoms in total. The molecule has 2 aromatic rings. The Balaban J connectivity index is 2.06. The van der Waals surface area contributed by atoms with Crippen molar-refractivity contribution in [2.24, 2.45) is 5.16 Å². The Bertz CT molecular complexity index is 684. The highest BCUT2D eigenvalue weighted by Crippen LogP contribution is 2.31. The number of carbonyl (C=O) groups is 1. The third-order valence-corrected chi connectivity index (χ3v) is 4.22. The highest BCUT2D eigenvalue weighted by molar-refractivity contribution is 7.20. The van der Waals surface area contributed by atoms with Gasteiger partial charge in [-0.1, -0.05) is 57.6 Å². The molecule has 0 bridgehead atoms. The fourth-order valence-electron chi connectivity index (χ4n) is 1.27. The van der Waals surface area contributed by atoms with Gasteiger partial charge in [0.2, 0.25) is 0 Å². The summed E-state index contributed by atoms with van der Waals surface area (Å²) in [7, 11) is 0. The van der Waals surface area contributed by atoms with Crippen LogP contribution in [-0.4, -0.2) is 12.2 Å². The van der Waals surface area contributed by atoms with Crippen LogP contribution in [0.15, 0.2) is 29.4 Å². The lowest BCUT2D eigenvalue weighted by molar-refractivity contribution is 0.0520. The van der Waals surface area contributed by atoms with Gasteiger partial charge in [0.25, 0.3) is 0 Å². The standard InChI is InChI=1S/C12H5Cl4NO2S/c13-7-2-1-6(9(14)3-7)5-17-19-12(18)8-4-10(15)20-11(8)16/h1-5H/b17-5+. The molecule has 0 saturated carbocycles. The van der Waals surface area contributed by atoms with Gasteiger partial charge in [-0.3, -0.25) is 0 Å². The molecular formula is C12H5Cl4NO2S. The van der Waals surface area contributed by atoms with Crippen LogP contribution in [0.2, 0.25) is 18.7 Å². The molecule has 0 aliphatic heterocycles. The number of halogens is 4. The Morgan fingerprint density at radius 1 is 1.20 bits per heavy atom. The van der Waals surface area contributed by atoms with Crippen molar-refractivity contribution in [1.82, 2.24) is 0 Å². The number of benzene rings is 1. The summed E-state index contributed by atoms with van der Waals surface area (Å²) in [5.74, 6) is -0.695. The van der Waals surface area contributed by atoms with Crippen LogP contribution in [0.5, 0.6) is 0 Å². The topological polar surface area (TPSA) is 38.7 Å². The van der Waals surface area contributed by atoms with E-state index in [-0.39, 0.29) is 9.90 Å². The van der Waals surface area contributed by atoms with E-state index in [2.05, 4.69) is 5.16 Å². The van der Waals surface area contributed by atoms with Crippen molar-refractivity contribution in [3.05, 3.63) is 54.1 Å². The summed E-state index contributed by atoms with van der Waals surface area (Å²) in [5.41, 5.74) is 0.735. The number of hydrogen-bond acceptors (Lipinski definition) is 4. The molecule has 2 rings (SSSR count). The predicted molar refractivity (Wildman–Crippen MR) is 83.8 cm³/mol. The van der Waals surface area contributed by atoms with Gasteiger partial charge >= 0.3 is 5.97 Å². The summed E-state index contributed by atoms with van der Waals surface area (Å²) in [6, 6.07) is 6.27. The highest BCUT2D eigenvalue weighted by Gasteiger charge is 2.15. The van der Waals surface area contributed by atoms with Gasteiger partial charge in [-0.15, -0.1) is 11.3 Å². The first-order valence-electron chi connectivity index (χ1n) is 5.12. The van der Waals surface area contributed by atoms with Crippen LogP contribution in [0.1, 0.15) is 15.9 Å². The summed E-state index contributed by atoms with van der Waals surface area (Å²) >= 11 is 24.3. The molecular weight excluding hydrogens is 364 g/mol. The van der Waals surface area contributed by atoms with E-state index < -0.39 is 5.97 Å². The number of nitrogens with zero attached hydrogens (tertiary/aromatic N) is 1. The van der Waals surface area contributed by atoms with Crippen molar-refractivity contribution in [3.63, 3.8) is 0 Å². The van der Waals surface area contributed by atoms with Crippen LogP contribution in [0.4, 0.5) is 0 Å². The predicted octanol–water partition coefficient (Wildman–Crippen LogP) is 5.55. The largest absolute Gasteiger partial charge is 0.368 e. The van der Waals surface area contributed by atoms with Crippen molar-refractivity contribution >= 4 is 69.9 Å². The van der Waals surface area contributed by atoms with E-state index in [0.717, 1.165) is 11.3 Å². The molecule has 0 saturated heterocycles.